The van der Waals surface area contributed by atoms with E-state index in [1.165, 1.54) is 0 Å². The lowest BCUT2D eigenvalue weighted by Gasteiger charge is -2.15. The van der Waals surface area contributed by atoms with Gasteiger partial charge in [0, 0.05) is 24.9 Å². The minimum atomic E-state index is -1.13. The van der Waals surface area contributed by atoms with Crippen molar-refractivity contribution in [1.29, 1.82) is 0 Å². The van der Waals surface area contributed by atoms with Crippen LogP contribution >= 0.6 is 0 Å². The minimum absolute atomic E-state index is 0.00342. The molecule has 1 saturated heterocycles. The maximum Gasteiger partial charge on any atom is 0.407 e. The van der Waals surface area contributed by atoms with E-state index in [1.54, 1.807) is 0 Å². The number of rotatable bonds is 7. The van der Waals surface area contributed by atoms with Gasteiger partial charge in [0.05, 0.1) is 0 Å². The molecule has 4 atom stereocenters. The number of alkyl carbamates (subject to hydrolysis) is 1. The van der Waals surface area contributed by atoms with Gasteiger partial charge in [0.15, 0.2) is 0 Å². The summed E-state index contributed by atoms with van der Waals surface area (Å²) < 4.78 is 5.51. The number of hydrogen-bond acceptors (Lipinski definition) is 5. The van der Waals surface area contributed by atoms with Crippen molar-refractivity contribution in [2.75, 3.05) is 19.7 Å². The van der Waals surface area contributed by atoms with Crippen LogP contribution in [0.3, 0.4) is 0 Å². The first-order valence-electron chi connectivity index (χ1n) is 11.3. The van der Waals surface area contributed by atoms with Gasteiger partial charge >= 0.3 is 12.1 Å². The molecule has 2 aromatic rings. The Bertz CT molecular complexity index is 1120. The Morgan fingerprint density at radius 3 is 2.29 bits per heavy atom. The van der Waals surface area contributed by atoms with Gasteiger partial charge in [-0.05, 0) is 34.6 Å². The van der Waals surface area contributed by atoms with Gasteiger partial charge in [-0.25, -0.2) is 4.79 Å². The lowest BCUT2D eigenvalue weighted by molar-refractivity contribution is -0.143. The third kappa shape index (κ3) is 4.09. The van der Waals surface area contributed by atoms with Crippen LogP contribution in [-0.4, -0.2) is 54.7 Å². The standard InChI is InChI=1S/C25H25N3O6/c29-22(28-21-19(24(31)32)11-26-23(21)30)18-9-13(18)10-27-25(33)34-12-20-16-7-3-1-5-14(16)15-6-2-4-8-17(15)20/h1-8,13,18-21H,9-12H2,(H,26,30)(H,27,33)(H,28,29)(H,31,32)/t13-,18-,19?,21?/m0/s1. The molecule has 2 fully saturated rings. The van der Waals surface area contributed by atoms with Crippen molar-refractivity contribution in [1.82, 2.24) is 16.0 Å². The molecular formula is C25H25N3O6. The summed E-state index contributed by atoms with van der Waals surface area (Å²) in [6.07, 6.45) is 0.00992. The summed E-state index contributed by atoms with van der Waals surface area (Å²) in [5, 5.41) is 16.9. The van der Waals surface area contributed by atoms with Crippen molar-refractivity contribution < 1.29 is 29.0 Å². The fraction of sp³-hybridized carbons (Fsp3) is 0.360. The molecular weight excluding hydrogens is 438 g/mol. The SMILES string of the molecule is O=C(NC[C@@H]1C[C@@H]1C(=O)NC1C(=O)NCC1C(=O)O)OCC1c2ccccc2-c2ccccc21. The smallest absolute Gasteiger partial charge is 0.407 e. The minimum Gasteiger partial charge on any atom is -0.481 e. The fourth-order valence-electron chi connectivity index (χ4n) is 4.94. The molecule has 4 N–H and O–H groups in total. The molecule has 9 heteroatoms. The molecule has 2 aliphatic carbocycles. The summed E-state index contributed by atoms with van der Waals surface area (Å²) in [6, 6.07) is 15.1. The van der Waals surface area contributed by atoms with E-state index in [0.717, 1.165) is 22.3 Å². The Morgan fingerprint density at radius 2 is 1.65 bits per heavy atom. The van der Waals surface area contributed by atoms with Crippen molar-refractivity contribution in [3.05, 3.63) is 59.7 Å². The molecule has 9 nitrogen and oxygen atoms in total. The third-order valence-electron chi connectivity index (χ3n) is 6.91. The summed E-state index contributed by atoms with van der Waals surface area (Å²) in [4.78, 5) is 47.8. The summed E-state index contributed by atoms with van der Waals surface area (Å²) >= 11 is 0. The fourth-order valence-corrected chi connectivity index (χ4v) is 4.94. The maximum atomic E-state index is 12.4. The van der Waals surface area contributed by atoms with Crippen LogP contribution in [0.25, 0.3) is 11.1 Å². The van der Waals surface area contributed by atoms with Crippen LogP contribution in [-0.2, 0) is 19.1 Å². The summed E-state index contributed by atoms with van der Waals surface area (Å²) in [7, 11) is 0. The van der Waals surface area contributed by atoms with Crippen LogP contribution in [0.5, 0.6) is 0 Å². The van der Waals surface area contributed by atoms with Gasteiger partial charge in [-0.3, -0.25) is 14.4 Å². The molecule has 5 rings (SSSR count). The molecule has 34 heavy (non-hydrogen) atoms. The Hall–Kier alpha value is -3.88. The topological polar surface area (TPSA) is 134 Å². The first kappa shape index (κ1) is 21.9. The molecule has 1 heterocycles. The number of carboxylic acid groups (broad SMARTS) is 1. The van der Waals surface area contributed by atoms with Crippen molar-refractivity contribution in [3.8, 4) is 11.1 Å². The van der Waals surface area contributed by atoms with E-state index < -0.39 is 29.9 Å². The van der Waals surface area contributed by atoms with Gasteiger partial charge in [-0.1, -0.05) is 48.5 Å². The highest BCUT2D eigenvalue weighted by molar-refractivity contribution is 5.95. The number of nitrogens with one attached hydrogen (secondary N) is 3. The van der Waals surface area contributed by atoms with Gasteiger partial charge in [-0.2, -0.15) is 0 Å². The second-order valence-electron chi connectivity index (χ2n) is 8.98. The van der Waals surface area contributed by atoms with Crippen LogP contribution in [0, 0.1) is 17.8 Å². The number of carbonyl (C=O) groups is 4. The highest BCUT2D eigenvalue weighted by atomic mass is 16.5. The maximum absolute atomic E-state index is 12.4. The highest BCUT2D eigenvalue weighted by Gasteiger charge is 2.47. The number of carbonyl (C=O) groups excluding carboxylic acids is 3. The number of benzene rings is 2. The van der Waals surface area contributed by atoms with E-state index in [4.69, 9.17) is 4.74 Å². The lowest BCUT2D eigenvalue weighted by Crippen LogP contribution is -2.46. The van der Waals surface area contributed by atoms with Gasteiger partial charge in [0.1, 0.15) is 18.6 Å². The van der Waals surface area contributed by atoms with E-state index in [1.807, 2.05) is 36.4 Å². The van der Waals surface area contributed by atoms with Crippen LogP contribution < -0.4 is 16.0 Å². The van der Waals surface area contributed by atoms with Gasteiger partial charge in [-0.15, -0.1) is 0 Å². The quantitative estimate of drug-likeness (QED) is 0.492. The lowest BCUT2D eigenvalue weighted by atomic mass is 9.98. The molecule has 1 aliphatic heterocycles. The molecule has 0 aromatic heterocycles. The Morgan fingerprint density at radius 1 is 1.00 bits per heavy atom. The first-order chi connectivity index (χ1) is 16.4. The van der Waals surface area contributed by atoms with Crippen LogP contribution in [0.1, 0.15) is 23.5 Å². The summed E-state index contributed by atoms with van der Waals surface area (Å²) in [5.41, 5.74) is 4.57. The third-order valence-corrected chi connectivity index (χ3v) is 6.91. The predicted octanol–water partition coefficient (Wildman–Crippen LogP) is 1.48. The average Bonchev–Trinajstić information content (AvgIpc) is 3.43. The molecule has 2 unspecified atom stereocenters. The number of amides is 3. The largest absolute Gasteiger partial charge is 0.481 e. The number of aliphatic carboxylic acids is 1. The van der Waals surface area contributed by atoms with E-state index in [9.17, 15) is 24.3 Å². The molecule has 3 amide bonds. The van der Waals surface area contributed by atoms with E-state index >= 15 is 0 Å². The zero-order valence-corrected chi connectivity index (χ0v) is 18.3. The van der Waals surface area contributed by atoms with E-state index in [2.05, 4.69) is 28.1 Å². The van der Waals surface area contributed by atoms with Crippen LogP contribution in [0.15, 0.2) is 48.5 Å². The van der Waals surface area contributed by atoms with Crippen LogP contribution in [0.4, 0.5) is 4.79 Å². The molecule has 3 aliphatic rings. The molecule has 2 aromatic carbocycles. The first-order valence-corrected chi connectivity index (χ1v) is 11.3. The van der Waals surface area contributed by atoms with Crippen LogP contribution in [0.2, 0.25) is 0 Å². The number of fused-ring (bicyclic) bond motifs is 3. The molecule has 0 spiro atoms. The molecule has 176 valence electrons. The van der Waals surface area contributed by atoms with Gasteiger partial charge in [0.25, 0.3) is 0 Å². The number of carboxylic acids is 1. The van der Waals surface area contributed by atoms with E-state index in [0.29, 0.717) is 6.42 Å². The molecule has 0 bridgehead atoms. The second-order valence-corrected chi connectivity index (χ2v) is 8.98. The normalized spacial score (nSPS) is 24.5. The van der Waals surface area contributed by atoms with Crippen molar-refractivity contribution in [3.63, 3.8) is 0 Å². The monoisotopic (exact) mass is 463 g/mol. The van der Waals surface area contributed by atoms with Crippen molar-refractivity contribution >= 4 is 23.9 Å². The second kappa shape index (κ2) is 8.81. The van der Waals surface area contributed by atoms with Gasteiger partial charge < -0.3 is 25.8 Å². The highest BCUT2D eigenvalue weighted by Crippen LogP contribution is 2.44. The predicted molar refractivity (Wildman–Crippen MR) is 121 cm³/mol. The Balaban J connectivity index is 1.10. The number of hydrogen-bond donors (Lipinski definition) is 4. The molecule has 1 saturated carbocycles. The zero-order valence-electron chi connectivity index (χ0n) is 18.3. The number of ether oxygens (including phenoxy) is 1. The summed E-state index contributed by atoms with van der Waals surface area (Å²) in [6.45, 7) is 0.479. The van der Waals surface area contributed by atoms with E-state index in [-0.39, 0.29) is 43.4 Å². The Kier molecular flexibility index (Phi) is 5.69. The van der Waals surface area contributed by atoms with Crippen molar-refractivity contribution in [2.24, 2.45) is 17.8 Å². The van der Waals surface area contributed by atoms with Crippen molar-refractivity contribution in [2.45, 2.75) is 18.4 Å². The Labute approximate surface area is 195 Å². The average molecular weight is 463 g/mol. The summed E-state index contributed by atoms with van der Waals surface area (Å²) in [5.74, 6) is -3.44. The molecule has 0 radical (unpaired) electrons. The van der Waals surface area contributed by atoms with Gasteiger partial charge in [0.2, 0.25) is 11.8 Å². The zero-order chi connectivity index (χ0) is 23.8.